The van der Waals surface area contributed by atoms with Crippen molar-refractivity contribution in [1.29, 1.82) is 0 Å². The third-order valence-corrected chi connectivity index (χ3v) is 2.66. The smallest absolute Gasteiger partial charge is 0.300 e. The van der Waals surface area contributed by atoms with Crippen molar-refractivity contribution in [2.24, 2.45) is 0 Å². The minimum atomic E-state index is -0.695. The summed E-state index contributed by atoms with van der Waals surface area (Å²) in [7, 11) is 0. The molecule has 1 aromatic heterocycles. The minimum Gasteiger partial charge on any atom is -0.384 e. The molecule has 0 saturated heterocycles. The lowest BCUT2D eigenvalue weighted by Crippen LogP contribution is -2.14. The molecule has 0 bridgehead atoms. The molecule has 0 atom stereocenters. The Hall–Kier alpha value is -2.67. The Morgan fingerprint density at radius 1 is 1.40 bits per heavy atom. The number of rotatable bonds is 3. The molecule has 0 spiro atoms. The number of pyridine rings is 1. The second kappa shape index (κ2) is 5.54. The van der Waals surface area contributed by atoms with Crippen LogP contribution in [0.5, 0.6) is 0 Å². The van der Waals surface area contributed by atoms with Crippen LogP contribution in [0.4, 0.5) is 17.2 Å². The summed E-state index contributed by atoms with van der Waals surface area (Å²) in [6.07, 6.45) is 0.947. The van der Waals surface area contributed by atoms with E-state index >= 15 is 0 Å². The summed E-state index contributed by atoms with van der Waals surface area (Å²) in [5.41, 5.74) is 5.29. The first-order chi connectivity index (χ1) is 9.47. The van der Waals surface area contributed by atoms with Crippen LogP contribution in [0.25, 0.3) is 0 Å². The van der Waals surface area contributed by atoms with Crippen molar-refractivity contribution in [3.8, 4) is 0 Å². The maximum absolute atomic E-state index is 12.1. The van der Waals surface area contributed by atoms with Gasteiger partial charge in [-0.1, -0.05) is 17.7 Å². The van der Waals surface area contributed by atoms with Gasteiger partial charge < -0.3 is 11.1 Å². The average molecular weight is 293 g/mol. The molecule has 20 heavy (non-hydrogen) atoms. The van der Waals surface area contributed by atoms with Crippen LogP contribution in [-0.4, -0.2) is 15.8 Å². The lowest BCUT2D eigenvalue weighted by atomic mass is 10.2. The van der Waals surface area contributed by atoms with Crippen LogP contribution >= 0.6 is 11.6 Å². The zero-order chi connectivity index (χ0) is 14.7. The van der Waals surface area contributed by atoms with Gasteiger partial charge in [-0.25, -0.2) is 4.98 Å². The Bertz CT molecular complexity index is 690. The van der Waals surface area contributed by atoms with Gasteiger partial charge in [-0.2, -0.15) is 0 Å². The van der Waals surface area contributed by atoms with E-state index in [0.29, 0.717) is 10.7 Å². The Labute approximate surface area is 118 Å². The summed E-state index contributed by atoms with van der Waals surface area (Å²) in [4.78, 5) is 25.8. The number of carbonyl (C=O) groups is 1. The molecule has 0 aliphatic heterocycles. The van der Waals surface area contributed by atoms with Gasteiger partial charge in [0.1, 0.15) is 17.6 Å². The molecule has 7 nitrogen and oxygen atoms in total. The fourth-order valence-electron chi connectivity index (χ4n) is 1.56. The number of nitro groups is 1. The Kier molecular flexibility index (Phi) is 3.81. The van der Waals surface area contributed by atoms with E-state index in [2.05, 4.69) is 10.3 Å². The zero-order valence-electron chi connectivity index (χ0n) is 10.0. The van der Waals surface area contributed by atoms with Crippen LogP contribution in [0.3, 0.4) is 0 Å². The van der Waals surface area contributed by atoms with Crippen molar-refractivity contribution < 1.29 is 9.72 Å². The molecule has 2 rings (SSSR count). The minimum absolute atomic E-state index is 0.0202. The van der Waals surface area contributed by atoms with Crippen LogP contribution in [-0.2, 0) is 0 Å². The van der Waals surface area contributed by atoms with E-state index in [9.17, 15) is 14.9 Å². The monoisotopic (exact) mass is 292 g/mol. The molecule has 0 fully saturated rings. The lowest BCUT2D eigenvalue weighted by Gasteiger charge is -2.06. The summed E-state index contributed by atoms with van der Waals surface area (Å²) in [6, 6.07) is 7.57. The van der Waals surface area contributed by atoms with E-state index in [1.807, 2.05) is 0 Å². The van der Waals surface area contributed by atoms with Gasteiger partial charge in [0.05, 0.1) is 4.92 Å². The summed E-state index contributed by atoms with van der Waals surface area (Å²) < 4.78 is 0. The highest BCUT2D eigenvalue weighted by atomic mass is 35.5. The largest absolute Gasteiger partial charge is 0.384 e. The number of hydrogen-bond acceptors (Lipinski definition) is 5. The first-order valence-electron chi connectivity index (χ1n) is 5.44. The van der Waals surface area contributed by atoms with Gasteiger partial charge in [-0.3, -0.25) is 14.9 Å². The maximum atomic E-state index is 12.1. The summed E-state index contributed by atoms with van der Waals surface area (Å²) in [5.74, 6) is -0.639. The van der Waals surface area contributed by atoms with Gasteiger partial charge in [-0.15, -0.1) is 0 Å². The predicted molar refractivity (Wildman–Crippen MR) is 74.7 cm³/mol. The van der Waals surface area contributed by atoms with Gasteiger partial charge in [-0.05, 0) is 24.3 Å². The third kappa shape index (κ3) is 3.01. The van der Waals surface area contributed by atoms with E-state index < -0.39 is 16.5 Å². The molecule has 1 aromatic carbocycles. The molecular formula is C12H9ClN4O3. The third-order valence-electron chi connectivity index (χ3n) is 2.43. The Morgan fingerprint density at radius 3 is 2.80 bits per heavy atom. The number of nitrogens with two attached hydrogens (primary N) is 1. The Balaban J connectivity index is 2.34. The molecule has 102 valence electrons. The van der Waals surface area contributed by atoms with Crippen LogP contribution in [0.2, 0.25) is 5.02 Å². The van der Waals surface area contributed by atoms with Crippen molar-refractivity contribution in [2.75, 3.05) is 11.1 Å². The summed E-state index contributed by atoms with van der Waals surface area (Å²) in [6.45, 7) is 0. The van der Waals surface area contributed by atoms with Gasteiger partial charge in [0.2, 0.25) is 0 Å². The van der Waals surface area contributed by atoms with E-state index in [1.165, 1.54) is 6.07 Å². The molecule has 1 heterocycles. The first kappa shape index (κ1) is 13.8. The highest BCUT2D eigenvalue weighted by Gasteiger charge is 2.21. The number of amides is 1. The van der Waals surface area contributed by atoms with Crippen molar-refractivity contribution in [3.05, 3.63) is 57.2 Å². The van der Waals surface area contributed by atoms with Crippen LogP contribution in [0, 0.1) is 10.1 Å². The molecule has 0 aliphatic rings. The SMILES string of the molecule is Nc1cc(C(=O)Nc2cccc(Cl)c2)c([N+](=O)[O-])cn1. The highest BCUT2D eigenvalue weighted by molar-refractivity contribution is 6.31. The number of hydrogen-bond donors (Lipinski definition) is 2. The second-order valence-electron chi connectivity index (χ2n) is 3.85. The lowest BCUT2D eigenvalue weighted by molar-refractivity contribution is -0.385. The zero-order valence-corrected chi connectivity index (χ0v) is 10.8. The molecule has 0 aliphatic carbocycles. The summed E-state index contributed by atoms with van der Waals surface area (Å²) in [5, 5.41) is 13.8. The van der Waals surface area contributed by atoms with Crippen LogP contribution < -0.4 is 11.1 Å². The number of aromatic nitrogens is 1. The van der Waals surface area contributed by atoms with Crippen molar-refractivity contribution >= 4 is 34.7 Å². The molecule has 3 N–H and O–H groups in total. The number of nitrogen functional groups attached to an aromatic ring is 1. The van der Waals surface area contributed by atoms with Crippen LogP contribution in [0.1, 0.15) is 10.4 Å². The van der Waals surface area contributed by atoms with Crippen molar-refractivity contribution in [3.63, 3.8) is 0 Å². The van der Waals surface area contributed by atoms with Gasteiger partial charge in [0.25, 0.3) is 11.6 Å². The quantitative estimate of drug-likeness (QED) is 0.667. The maximum Gasteiger partial charge on any atom is 0.300 e. The fraction of sp³-hybridized carbons (Fsp3) is 0. The number of nitrogens with one attached hydrogen (secondary N) is 1. The van der Waals surface area contributed by atoms with E-state index in [4.69, 9.17) is 17.3 Å². The van der Waals surface area contributed by atoms with Crippen molar-refractivity contribution in [1.82, 2.24) is 4.98 Å². The van der Waals surface area contributed by atoms with Crippen molar-refractivity contribution in [2.45, 2.75) is 0 Å². The molecule has 8 heteroatoms. The number of carbonyl (C=O) groups excluding carboxylic acids is 1. The normalized spacial score (nSPS) is 10.1. The van der Waals surface area contributed by atoms with Gasteiger partial charge >= 0.3 is 0 Å². The number of benzene rings is 1. The predicted octanol–water partition coefficient (Wildman–Crippen LogP) is 2.48. The van der Waals surface area contributed by atoms with E-state index in [1.54, 1.807) is 18.2 Å². The fourth-order valence-corrected chi connectivity index (χ4v) is 1.75. The molecule has 1 amide bonds. The van der Waals surface area contributed by atoms with Gasteiger partial charge in [0, 0.05) is 10.7 Å². The van der Waals surface area contributed by atoms with Gasteiger partial charge in [0.15, 0.2) is 0 Å². The average Bonchev–Trinajstić information content (AvgIpc) is 2.38. The number of nitrogens with zero attached hydrogens (tertiary/aromatic N) is 2. The molecule has 0 radical (unpaired) electrons. The first-order valence-corrected chi connectivity index (χ1v) is 5.82. The van der Waals surface area contributed by atoms with Crippen LogP contribution in [0.15, 0.2) is 36.5 Å². The number of anilines is 2. The molecule has 0 unspecified atom stereocenters. The standard InChI is InChI=1S/C12H9ClN4O3/c13-7-2-1-3-8(4-7)16-12(18)9-5-11(14)15-6-10(9)17(19)20/h1-6H,(H2,14,15)(H,16,18). The van der Waals surface area contributed by atoms with E-state index in [-0.39, 0.29) is 11.4 Å². The molecular weight excluding hydrogens is 284 g/mol. The second-order valence-corrected chi connectivity index (χ2v) is 4.28. The summed E-state index contributed by atoms with van der Waals surface area (Å²) >= 11 is 5.79. The Morgan fingerprint density at radius 2 is 2.15 bits per heavy atom. The van der Waals surface area contributed by atoms with E-state index in [0.717, 1.165) is 12.3 Å². The molecule has 0 saturated carbocycles. The highest BCUT2D eigenvalue weighted by Crippen LogP contribution is 2.21. The number of halogens is 1. The topological polar surface area (TPSA) is 111 Å². The molecule has 2 aromatic rings.